The SMILES string of the molecule is COc1ccc(C(=O)NCc2ccc(C)s2)cc1N. The van der Waals surface area contributed by atoms with E-state index in [1.165, 1.54) is 4.88 Å². The van der Waals surface area contributed by atoms with Crippen molar-refractivity contribution in [2.45, 2.75) is 13.5 Å². The molecule has 2 rings (SSSR count). The summed E-state index contributed by atoms with van der Waals surface area (Å²) in [5.41, 5.74) is 6.77. The van der Waals surface area contributed by atoms with Crippen molar-refractivity contribution in [2.75, 3.05) is 12.8 Å². The fourth-order valence-corrected chi connectivity index (χ4v) is 2.56. The zero-order valence-corrected chi connectivity index (χ0v) is 11.7. The van der Waals surface area contributed by atoms with Gasteiger partial charge >= 0.3 is 0 Å². The van der Waals surface area contributed by atoms with Crippen LogP contribution < -0.4 is 15.8 Å². The minimum absolute atomic E-state index is 0.139. The number of rotatable bonds is 4. The normalized spacial score (nSPS) is 10.2. The summed E-state index contributed by atoms with van der Waals surface area (Å²) in [6.45, 7) is 2.57. The van der Waals surface area contributed by atoms with Crippen LogP contribution in [0.1, 0.15) is 20.1 Å². The van der Waals surface area contributed by atoms with E-state index in [-0.39, 0.29) is 5.91 Å². The molecule has 1 aromatic carbocycles. The molecular formula is C14H16N2O2S. The van der Waals surface area contributed by atoms with Crippen LogP contribution in [0.3, 0.4) is 0 Å². The lowest BCUT2D eigenvalue weighted by atomic mass is 10.1. The number of ether oxygens (including phenoxy) is 1. The topological polar surface area (TPSA) is 64.3 Å². The molecule has 0 aliphatic heterocycles. The first-order chi connectivity index (χ1) is 9.10. The highest BCUT2D eigenvalue weighted by Gasteiger charge is 2.08. The molecule has 4 nitrogen and oxygen atoms in total. The number of amides is 1. The van der Waals surface area contributed by atoms with Gasteiger partial charge in [0.15, 0.2) is 0 Å². The van der Waals surface area contributed by atoms with Gasteiger partial charge in [-0.05, 0) is 37.3 Å². The molecule has 1 heterocycles. The van der Waals surface area contributed by atoms with E-state index >= 15 is 0 Å². The van der Waals surface area contributed by atoms with Crippen LogP contribution in [0.4, 0.5) is 5.69 Å². The van der Waals surface area contributed by atoms with Crippen molar-refractivity contribution in [2.24, 2.45) is 0 Å². The summed E-state index contributed by atoms with van der Waals surface area (Å²) < 4.78 is 5.06. The highest BCUT2D eigenvalue weighted by atomic mass is 32.1. The lowest BCUT2D eigenvalue weighted by Crippen LogP contribution is -2.22. The lowest BCUT2D eigenvalue weighted by molar-refractivity contribution is 0.0951. The van der Waals surface area contributed by atoms with Crippen LogP contribution in [-0.4, -0.2) is 13.0 Å². The minimum atomic E-state index is -0.139. The van der Waals surface area contributed by atoms with E-state index in [0.717, 1.165) is 4.88 Å². The predicted octanol–water partition coefficient (Wildman–Crippen LogP) is 2.58. The molecule has 0 aliphatic rings. The van der Waals surface area contributed by atoms with E-state index in [1.54, 1.807) is 36.6 Å². The molecule has 5 heteroatoms. The van der Waals surface area contributed by atoms with Crippen molar-refractivity contribution < 1.29 is 9.53 Å². The fraction of sp³-hybridized carbons (Fsp3) is 0.214. The average molecular weight is 276 g/mol. The van der Waals surface area contributed by atoms with E-state index in [0.29, 0.717) is 23.5 Å². The van der Waals surface area contributed by atoms with Crippen LogP contribution in [0.15, 0.2) is 30.3 Å². The molecule has 0 unspecified atom stereocenters. The first-order valence-electron chi connectivity index (χ1n) is 5.87. The van der Waals surface area contributed by atoms with Gasteiger partial charge in [0.05, 0.1) is 19.3 Å². The summed E-state index contributed by atoms with van der Waals surface area (Å²) in [5.74, 6) is 0.436. The second kappa shape index (κ2) is 5.75. The number of methoxy groups -OCH3 is 1. The summed E-state index contributed by atoms with van der Waals surface area (Å²) in [6.07, 6.45) is 0. The van der Waals surface area contributed by atoms with Crippen molar-refractivity contribution in [1.82, 2.24) is 5.32 Å². The maximum absolute atomic E-state index is 12.0. The predicted molar refractivity (Wildman–Crippen MR) is 77.6 cm³/mol. The molecule has 1 amide bonds. The number of aryl methyl sites for hydroxylation is 1. The van der Waals surface area contributed by atoms with Crippen LogP contribution in [0.25, 0.3) is 0 Å². The van der Waals surface area contributed by atoms with Gasteiger partial charge in [-0.3, -0.25) is 4.79 Å². The monoisotopic (exact) mass is 276 g/mol. The quantitative estimate of drug-likeness (QED) is 0.844. The molecule has 0 saturated carbocycles. The number of anilines is 1. The second-order valence-electron chi connectivity index (χ2n) is 4.15. The molecular weight excluding hydrogens is 260 g/mol. The van der Waals surface area contributed by atoms with Crippen molar-refractivity contribution in [3.05, 3.63) is 45.6 Å². The van der Waals surface area contributed by atoms with Crippen LogP contribution in [0.2, 0.25) is 0 Å². The number of thiophene rings is 1. The van der Waals surface area contributed by atoms with Gasteiger partial charge in [-0.15, -0.1) is 11.3 Å². The van der Waals surface area contributed by atoms with Crippen molar-refractivity contribution in [3.63, 3.8) is 0 Å². The number of nitrogen functional groups attached to an aromatic ring is 1. The standard InChI is InChI=1S/C14H16N2O2S/c1-9-3-5-11(19-9)8-16-14(17)10-4-6-13(18-2)12(15)7-10/h3-7H,8,15H2,1-2H3,(H,16,17). The highest BCUT2D eigenvalue weighted by Crippen LogP contribution is 2.22. The zero-order chi connectivity index (χ0) is 13.8. The summed E-state index contributed by atoms with van der Waals surface area (Å²) >= 11 is 1.67. The number of carbonyl (C=O) groups excluding carboxylic acids is 1. The van der Waals surface area contributed by atoms with Gasteiger partial charge in [0.25, 0.3) is 5.91 Å². The smallest absolute Gasteiger partial charge is 0.251 e. The lowest BCUT2D eigenvalue weighted by Gasteiger charge is -2.07. The third-order valence-corrected chi connectivity index (χ3v) is 3.71. The minimum Gasteiger partial charge on any atom is -0.495 e. The molecule has 19 heavy (non-hydrogen) atoms. The Kier molecular flexibility index (Phi) is 4.06. The summed E-state index contributed by atoms with van der Waals surface area (Å²) in [6, 6.07) is 9.07. The largest absolute Gasteiger partial charge is 0.495 e. The fourth-order valence-electron chi connectivity index (χ4n) is 1.73. The molecule has 0 bridgehead atoms. The second-order valence-corrected chi connectivity index (χ2v) is 5.52. The van der Waals surface area contributed by atoms with Gasteiger partial charge in [-0.25, -0.2) is 0 Å². The van der Waals surface area contributed by atoms with Crippen LogP contribution in [0.5, 0.6) is 5.75 Å². The zero-order valence-electron chi connectivity index (χ0n) is 10.9. The average Bonchev–Trinajstić information content (AvgIpc) is 2.81. The number of nitrogens with one attached hydrogen (secondary N) is 1. The number of hydrogen-bond acceptors (Lipinski definition) is 4. The van der Waals surface area contributed by atoms with Crippen molar-refractivity contribution in [3.8, 4) is 5.75 Å². The molecule has 3 N–H and O–H groups in total. The third kappa shape index (κ3) is 3.26. The molecule has 0 spiro atoms. The van der Waals surface area contributed by atoms with E-state index in [9.17, 15) is 4.79 Å². The maximum Gasteiger partial charge on any atom is 0.251 e. The molecule has 0 fully saturated rings. The van der Waals surface area contributed by atoms with E-state index in [1.807, 2.05) is 19.1 Å². The van der Waals surface area contributed by atoms with Crippen LogP contribution >= 0.6 is 11.3 Å². The third-order valence-electron chi connectivity index (χ3n) is 2.71. The molecule has 2 aromatic rings. The molecule has 0 aliphatic carbocycles. The van der Waals surface area contributed by atoms with Gasteiger partial charge in [0.2, 0.25) is 0 Å². The number of hydrogen-bond donors (Lipinski definition) is 2. The number of nitrogens with two attached hydrogens (primary N) is 1. The van der Waals surface area contributed by atoms with Crippen molar-refractivity contribution >= 4 is 22.9 Å². The van der Waals surface area contributed by atoms with Gasteiger partial charge in [-0.1, -0.05) is 0 Å². The first-order valence-corrected chi connectivity index (χ1v) is 6.69. The Hall–Kier alpha value is -2.01. The Morgan fingerprint density at radius 2 is 2.16 bits per heavy atom. The van der Waals surface area contributed by atoms with E-state index in [2.05, 4.69) is 5.32 Å². The van der Waals surface area contributed by atoms with Crippen LogP contribution in [0, 0.1) is 6.92 Å². The van der Waals surface area contributed by atoms with Crippen LogP contribution in [-0.2, 0) is 6.54 Å². The Morgan fingerprint density at radius 3 is 2.74 bits per heavy atom. The Labute approximate surface area is 116 Å². The molecule has 0 atom stereocenters. The number of benzene rings is 1. The molecule has 0 radical (unpaired) electrons. The van der Waals surface area contributed by atoms with E-state index in [4.69, 9.17) is 10.5 Å². The van der Waals surface area contributed by atoms with Gasteiger partial charge in [-0.2, -0.15) is 0 Å². The molecule has 100 valence electrons. The summed E-state index contributed by atoms with van der Waals surface area (Å²) in [4.78, 5) is 14.3. The summed E-state index contributed by atoms with van der Waals surface area (Å²) in [7, 11) is 1.55. The van der Waals surface area contributed by atoms with Gasteiger partial charge < -0.3 is 15.8 Å². The molecule has 1 aromatic heterocycles. The van der Waals surface area contributed by atoms with Crippen molar-refractivity contribution in [1.29, 1.82) is 0 Å². The van der Waals surface area contributed by atoms with Gasteiger partial charge in [0.1, 0.15) is 5.75 Å². The highest BCUT2D eigenvalue weighted by molar-refractivity contribution is 7.11. The van der Waals surface area contributed by atoms with E-state index < -0.39 is 0 Å². The Morgan fingerprint density at radius 1 is 1.37 bits per heavy atom. The maximum atomic E-state index is 12.0. The van der Waals surface area contributed by atoms with Gasteiger partial charge in [0, 0.05) is 15.3 Å². The Bertz CT molecular complexity index is 593. The molecule has 0 saturated heterocycles. The summed E-state index contributed by atoms with van der Waals surface area (Å²) in [5, 5.41) is 2.87. The Balaban J connectivity index is 2.01. The number of carbonyl (C=O) groups is 1. The first kappa shape index (κ1) is 13.4.